The van der Waals surface area contributed by atoms with Gasteiger partial charge < -0.3 is 26.0 Å². The van der Waals surface area contributed by atoms with E-state index in [1.54, 1.807) is 67.7 Å². The number of benzene rings is 3. The number of nitrogens with two attached hydrogens (primary N) is 2. The van der Waals surface area contributed by atoms with Crippen LogP contribution in [0.3, 0.4) is 0 Å². The maximum Gasteiger partial charge on any atom is 0.307 e. The van der Waals surface area contributed by atoms with Crippen molar-refractivity contribution in [1.82, 2.24) is 0 Å². The summed E-state index contributed by atoms with van der Waals surface area (Å²) in [6.07, 6.45) is 1.15. The number of carbonyl (C=O) groups is 1. The number of carboxylic acids is 1. The van der Waals surface area contributed by atoms with E-state index < -0.39 is 11.8 Å². The average Bonchev–Trinajstić information content (AvgIpc) is 2.85. The zero-order valence-corrected chi connectivity index (χ0v) is 19.3. The van der Waals surface area contributed by atoms with Gasteiger partial charge in [-0.2, -0.15) is 0 Å². The van der Waals surface area contributed by atoms with Gasteiger partial charge in [-0.3, -0.25) is 9.79 Å². The molecule has 0 aliphatic carbocycles. The summed E-state index contributed by atoms with van der Waals surface area (Å²) in [6, 6.07) is 17.2. The second-order valence-corrected chi connectivity index (χ2v) is 7.60. The normalized spacial score (nSPS) is 11.6. The zero-order chi connectivity index (χ0) is 25.2. The molecular formula is C26H27FN4O4. The maximum absolute atomic E-state index is 15.0. The number of amidine groups is 1. The summed E-state index contributed by atoms with van der Waals surface area (Å²) in [5.41, 5.74) is 14.1. The van der Waals surface area contributed by atoms with E-state index in [-0.39, 0.29) is 32.0 Å². The topological polar surface area (TPSA) is 133 Å². The Balaban J connectivity index is 1.93. The molecule has 0 fully saturated rings. The van der Waals surface area contributed by atoms with Crippen molar-refractivity contribution in [3.8, 4) is 22.6 Å². The van der Waals surface area contributed by atoms with E-state index in [1.807, 2.05) is 0 Å². The van der Waals surface area contributed by atoms with Gasteiger partial charge in [0.25, 0.3) is 0 Å². The molecule has 5 N–H and O–H groups in total. The lowest BCUT2D eigenvalue weighted by molar-refractivity contribution is -0.136. The molecule has 0 radical (unpaired) electrons. The van der Waals surface area contributed by atoms with Crippen LogP contribution in [0.25, 0.3) is 11.1 Å². The highest BCUT2D eigenvalue weighted by Crippen LogP contribution is 2.30. The maximum atomic E-state index is 15.0. The van der Waals surface area contributed by atoms with E-state index in [0.717, 1.165) is 0 Å². The van der Waals surface area contributed by atoms with Gasteiger partial charge in [-0.1, -0.05) is 36.4 Å². The lowest BCUT2D eigenvalue weighted by Gasteiger charge is -2.15. The van der Waals surface area contributed by atoms with Crippen molar-refractivity contribution >= 4 is 18.1 Å². The smallest absolute Gasteiger partial charge is 0.307 e. The first-order valence-electron chi connectivity index (χ1n) is 10.8. The highest BCUT2D eigenvalue weighted by Gasteiger charge is 2.13. The Bertz CT molecular complexity index is 1240. The molecule has 0 heterocycles. The SMILES string of the molecule is CN=CN=C(N)COc1cc(COc2ccccc2CC(=O)O)cc(-c2cccc(CN)c2F)c1. The van der Waals surface area contributed by atoms with Crippen LogP contribution in [-0.2, 0) is 24.4 Å². The molecular weight excluding hydrogens is 451 g/mol. The van der Waals surface area contributed by atoms with Gasteiger partial charge in [0.1, 0.15) is 42.7 Å². The number of aliphatic imine (C=N–C) groups is 2. The van der Waals surface area contributed by atoms with Crippen LogP contribution < -0.4 is 20.9 Å². The van der Waals surface area contributed by atoms with Crippen LogP contribution in [0.4, 0.5) is 4.39 Å². The number of nitrogens with zero attached hydrogens (tertiary/aromatic N) is 2. The number of hydrogen-bond acceptors (Lipinski definition) is 5. The van der Waals surface area contributed by atoms with Gasteiger partial charge in [0, 0.05) is 30.3 Å². The van der Waals surface area contributed by atoms with E-state index in [4.69, 9.17) is 26.0 Å². The van der Waals surface area contributed by atoms with E-state index >= 15 is 4.39 Å². The Morgan fingerprint density at radius 3 is 2.60 bits per heavy atom. The van der Waals surface area contributed by atoms with Crippen LogP contribution in [0.2, 0.25) is 0 Å². The number of rotatable bonds is 11. The number of halogens is 1. The fraction of sp³-hybridized carbons (Fsp3) is 0.192. The van der Waals surface area contributed by atoms with Gasteiger partial charge in [-0.05, 0) is 35.4 Å². The minimum absolute atomic E-state index is 0.00252. The molecule has 0 bridgehead atoms. The third-order valence-electron chi connectivity index (χ3n) is 5.01. The van der Waals surface area contributed by atoms with Crippen molar-refractivity contribution in [3.63, 3.8) is 0 Å². The molecule has 0 aliphatic rings. The Kier molecular flexibility index (Phi) is 8.91. The van der Waals surface area contributed by atoms with Crippen molar-refractivity contribution in [1.29, 1.82) is 0 Å². The summed E-state index contributed by atoms with van der Waals surface area (Å²) < 4.78 is 26.8. The minimum Gasteiger partial charge on any atom is -0.489 e. The molecule has 3 aromatic rings. The summed E-state index contributed by atoms with van der Waals surface area (Å²) in [5.74, 6) is -0.261. The molecule has 3 aromatic carbocycles. The van der Waals surface area contributed by atoms with Gasteiger partial charge in [0.15, 0.2) is 0 Å². The second kappa shape index (κ2) is 12.3. The molecule has 0 saturated heterocycles. The molecule has 0 unspecified atom stereocenters. The van der Waals surface area contributed by atoms with Gasteiger partial charge in [-0.25, -0.2) is 9.38 Å². The molecule has 0 saturated carbocycles. The molecule has 0 spiro atoms. The predicted octanol–water partition coefficient (Wildman–Crippen LogP) is 3.55. The molecule has 182 valence electrons. The van der Waals surface area contributed by atoms with Gasteiger partial charge in [-0.15, -0.1) is 0 Å². The van der Waals surface area contributed by atoms with Gasteiger partial charge >= 0.3 is 5.97 Å². The summed E-state index contributed by atoms with van der Waals surface area (Å²) >= 11 is 0. The Hall–Kier alpha value is -4.24. The van der Waals surface area contributed by atoms with Crippen LogP contribution in [0.5, 0.6) is 11.5 Å². The number of ether oxygens (including phenoxy) is 2. The molecule has 0 atom stereocenters. The first-order chi connectivity index (χ1) is 16.9. The molecule has 0 aliphatic heterocycles. The van der Waals surface area contributed by atoms with Gasteiger partial charge in [0.2, 0.25) is 0 Å². The molecule has 0 amide bonds. The van der Waals surface area contributed by atoms with E-state index in [1.165, 1.54) is 6.34 Å². The Morgan fingerprint density at radius 1 is 1.09 bits per heavy atom. The molecule has 0 aromatic heterocycles. The van der Waals surface area contributed by atoms with Crippen LogP contribution in [0, 0.1) is 5.82 Å². The standard InChI is InChI=1S/C26H27FN4O4/c1-30-16-31-24(29)15-34-21-10-17(14-35-23-8-3-2-5-18(23)12-25(32)33)9-20(11-21)22-7-4-6-19(13-28)26(22)27/h2-11,16H,12-15,28H2,1H3,(H,32,33)(H2,29,30,31). The van der Waals surface area contributed by atoms with Crippen molar-refractivity contribution in [2.75, 3.05) is 13.7 Å². The second-order valence-electron chi connectivity index (χ2n) is 7.60. The van der Waals surface area contributed by atoms with E-state index in [9.17, 15) is 4.79 Å². The van der Waals surface area contributed by atoms with Crippen LogP contribution in [0.1, 0.15) is 16.7 Å². The number of para-hydroxylation sites is 1. The highest BCUT2D eigenvalue weighted by molar-refractivity contribution is 5.88. The quantitative estimate of drug-likeness (QED) is 0.285. The predicted molar refractivity (Wildman–Crippen MR) is 133 cm³/mol. The Morgan fingerprint density at radius 2 is 1.86 bits per heavy atom. The summed E-state index contributed by atoms with van der Waals surface area (Å²) in [5, 5.41) is 9.16. The van der Waals surface area contributed by atoms with Crippen LogP contribution in [0.15, 0.2) is 70.6 Å². The zero-order valence-electron chi connectivity index (χ0n) is 19.3. The van der Waals surface area contributed by atoms with Crippen LogP contribution >= 0.6 is 0 Å². The van der Waals surface area contributed by atoms with Crippen molar-refractivity contribution in [2.45, 2.75) is 19.6 Å². The monoisotopic (exact) mass is 478 g/mol. The summed E-state index contributed by atoms with van der Waals surface area (Å²) in [4.78, 5) is 18.9. The highest BCUT2D eigenvalue weighted by atomic mass is 19.1. The third kappa shape index (κ3) is 7.12. The van der Waals surface area contributed by atoms with Crippen molar-refractivity contribution in [2.24, 2.45) is 21.5 Å². The first kappa shape index (κ1) is 25.4. The molecule has 8 nitrogen and oxygen atoms in total. The first-order valence-corrected chi connectivity index (χ1v) is 10.8. The van der Waals surface area contributed by atoms with Crippen molar-refractivity contribution in [3.05, 3.63) is 83.2 Å². The number of carboxylic acid groups (broad SMARTS) is 1. The summed E-state index contributed by atoms with van der Waals surface area (Å²) in [7, 11) is 1.58. The fourth-order valence-electron chi connectivity index (χ4n) is 3.38. The average molecular weight is 479 g/mol. The molecule has 3 rings (SSSR count). The minimum atomic E-state index is -0.957. The van der Waals surface area contributed by atoms with Crippen LogP contribution in [-0.4, -0.2) is 36.9 Å². The van der Waals surface area contributed by atoms with E-state index in [2.05, 4.69) is 9.98 Å². The number of hydrogen-bond donors (Lipinski definition) is 3. The fourth-order valence-corrected chi connectivity index (χ4v) is 3.38. The lowest BCUT2D eigenvalue weighted by Crippen LogP contribution is -2.21. The summed E-state index contributed by atoms with van der Waals surface area (Å²) in [6.45, 7) is 0.172. The molecule has 35 heavy (non-hydrogen) atoms. The largest absolute Gasteiger partial charge is 0.489 e. The number of aliphatic carboxylic acids is 1. The molecule has 9 heteroatoms. The van der Waals surface area contributed by atoms with Gasteiger partial charge in [0.05, 0.1) is 6.42 Å². The Labute approximate surface area is 202 Å². The van der Waals surface area contributed by atoms with E-state index in [0.29, 0.717) is 39.3 Å². The lowest BCUT2D eigenvalue weighted by atomic mass is 9.99. The van der Waals surface area contributed by atoms with Crippen molar-refractivity contribution < 1.29 is 23.8 Å². The third-order valence-corrected chi connectivity index (χ3v) is 5.01.